The first-order valence-corrected chi connectivity index (χ1v) is 9.46. The van der Waals surface area contributed by atoms with Crippen molar-refractivity contribution in [2.24, 2.45) is 0 Å². The standard InChI is InChI=1S/C21H25N3O3/c1-23-12-10-21(11-13-23)15-19(16-6-3-2-4-7-16)22-20(27-21)17-8-5-9-18(14-17)24(25)26/h2-9,14,19-20,22H,10-13,15H2,1H3/t19-,20+/m1/s1. The molecule has 0 radical (unpaired) electrons. The fourth-order valence-corrected chi connectivity index (χ4v) is 4.16. The van der Waals surface area contributed by atoms with Crippen molar-refractivity contribution in [1.29, 1.82) is 0 Å². The number of benzene rings is 2. The number of hydrogen-bond donors (Lipinski definition) is 1. The van der Waals surface area contributed by atoms with E-state index in [1.807, 2.05) is 12.1 Å². The second-order valence-electron chi connectivity index (χ2n) is 7.67. The number of hydrogen-bond acceptors (Lipinski definition) is 5. The zero-order valence-corrected chi connectivity index (χ0v) is 15.5. The molecular weight excluding hydrogens is 342 g/mol. The van der Waals surface area contributed by atoms with E-state index < -0.39 is 0 Å². The Kier molecular flexibility index (Phi) is 4.95. The lowest BCUT2D eigenvalue weighted by Gasteiger charge is -2.49. The molecule has 6 heteroatoms. The largest absolute Gasteiger partial charge is 0.352 e. The highest BCUT2D eigenvalue weighted by atomic mass is 16.6. The second kappa shape index (κ2) is 7.38. The van der Waals surface area contributed by atoms with Crippen molar-refractivity contribution in [3.05, 3.63) is 75.8 Å². The molecule has 2 aromatic rings. The summed E-state index contributed by atoms with van der Waals surface area (Å²) in [4.78, 5) is 13.2. The number of non-ortho nitro benzene ring substituents is 1. The molecule has 0 aliphatic carbocycles. The quantitative estimate of drug-likeness (QED) is 0.660. The summed E-state index contributed by atoms with van der Waals surface area (Å²) in [6, 6.07) is 17.3. The van der Waals surface area contributed by atoms with Crippen LogP contribution in [0.2, 0.25) is 0 Å². The van der Waals surface area contributed by atoms with Gasteiger partial charge in [0.05, 0.1) is 10.5 Å². The minimum Gasteiger partial charge on any atom is -0.352 e. The molecule has 0 amide bonds. The van der Waals surface area contributed by atoms with Crippen LogP contribution < -0.4 is 5.32 Å². The first-order chi connectivity index (χ1) is 13.0. The van der Waals surface area contributed by atoms with Gasteiger partial charge in [-0.15, -0.1) is 0 Å². The molecule has 0 saturated carbocycles. The van der Waals surface area contributed by atoms with E-state index in [-0.39, 0.29) is 28.5 Å². The second-order valence-corrected chi connectivity index (χ2v) is 7.67. The number of nitro benzene ring substituents is 1. The molecule has 0 aromatic heterocycles. The van der Waals surface area contributed by atoms with Crippen molar-refractivity contribution in [3.63, 3.8) is 0 Å². The number of rotatable bonds is 3. The number of piperidine rings is 1. The Balaban J connectivity index is 1.66. The summed E-state index contributed by atoms with van der Waals surface area (Å²) < 4.78 is 6.58. The van der Waals surface area contributed by atoms with Gasteiger partial charge in [0.1, 0.15) is 6.23 Å². The lowest BCUT2D eigenvalue weighted by atomic mass is 9.81. The number of likely N-dealkylation sites (tertiary alicyclic amines) is 1. The van der Waals surface area contributed by atoms with Crippen molar-refractivity contribution in [2.75, 3.05) is 20.1 Å². The lowest BCUT2D eigenvalue weighted by Crippen LogP contribution is -2.53. The van der Waals surface area contributed by atoms with Crippen molar-refractivity contribution < 1.29 is 9.66 Å². The van der Waals surface area contributed by atoms with Gasteiger partial charge in [-0.25, -0.2) is 0 Å². The molecule has 1 N–H and O–H groups in total. The Hall–Kier alpha value is -2.28. The maximum Gasteiger partial charge on any atom is 0.269 e. The van der Waals surface area contributed by atoms with Crippen LogP contribution in [0.4, 0.5) is 5.69 Å². The SMILES string of the molecule is CN1CCC2(CC1)C[C@H](c1ccccc1)N[C@H](c1cccc([N+](=O)[O-])c1)O2. The number of nitrogens with zero attached hydrogens (tertiary/aromatic N) is 2. The summed E-state index contributed by atoms with van der Waals surface area (Å²) in [6.45, 7) is 2.01. The molecule has 27 heavy (non-hydrogen) atoms. The van der Waals surface area contributed by atoms with E-state index in [9.17, 15) is 10.1 Å². The van der Waals surface area contributed by atoms with E-state index in [1.165, 1.54) is 11.6 Å². The van der Waals surface area contributed by atoms with Gasteiger partial charge in [0.2, 0.25) is 0 Å². The smallest absolute Gasteiger partial charge is 0.269 e. The summed E-state index contributed by atoms with van der Waals surface area (Å²) in [6.07, 6.45) is 2.50. The minimum absolute atomic E-state index is 0.0946. The third kappa shape index (κ3) is 3.88. The Morgan fingerprint density at radius 3 is 2.52 bits per heavy atom. The first-order valence-electron chi connectivity index (χ1n) is 9.46. The average molecular weight is 367 g/mol. The third-order valence-corrected chi connectivity index (χ3v) is 5.78. The van der Waals surface area contributed by atoms with Crippen molar-refractivity contribution in [1.82, 2.24) is 10.2 Å². The van der Waals surface area contributed by atoms with Crippen LogP contribution in [0, 0.1) is 10.1 Å². The van der Waals surface area contributed by atoms with Crippen molar-refractivity contribution in [3.8, 4) is 0 Å². The van der Waals surface area contributed by atoms with Crippen molar-refractivity contribution in [2.45, 2.75) is 37.1 Å². The fraction of sp³-hybridized carbons (Fsp3) is 0.429. The summed E-state index contributed by atoms with van der Waals surface area (Å²) in [5, 5.41) is 14.8. The number of nitro groups is 1. The van der Waals surface area contributed by atoms with E-state index in [2.05, 4.69) is 41.5 Å². The van der Waals surface area contributed by atoms with Gasteiger partial charge in [0, 0.05) is 36.8 Å². The zero-order valence-electron chi connectivity index (χ0n) is 15.5. The van der Waals surface area contributed by atoms with E-state index in [0.717, 1.165) is 37.9 Å². The van der Waals surface area contributed by atoms with Gasteiger partial charge >= 0.3 is 0 Å². The Bertz CT molecular complexity index is 803. The van der Waals surface area contributed by atoms with E-state index in [4.69, 9.17) is 4.74 Å². The average Bonchev–Trinajstić information content (AvgIpc) is 2.71. The summed E-state index contributed by atoms with van der Waals surface area (Å²) in [5.74, 6) is 0. The van der Waals surface area contributed by atoms with Crippen LogP contribution >= 0.6 is 0 Å². The zero-order chi connectivity index (χ0) is 18.9. The van der Waals surface area contributed by atoms with E-state index in [0.29, 0.717) is 0 Å². The molecule has 142 valence electrons. The molecule has 2 heterocycles. The van der Waals surface area contributed by atoms with E-state index in [1.54, 1.807) is 12.1 Å². The van der Waals surface area contributed by atoms with E-state index >= 15 is 0 Å². The fourth-order valence-electron chi connectivity index (χ4n) is 4.16. The van der Waals surface area contributed by atoms with Gasteiger partial charge < -0.3 is 9.64 Å². The van der Waals surface area contributed by atoms with Gasteiger partial charge in [-0.3, -0.25) is 15.4 Å². The van der Waals surface area contributed by atoms with Crippen LogP contribution in [-0.4, -0.2) is 35.6 Å². The Labute approximate surface area is 159 Å². The summed E-state index contributed by atoms with van der Waals surface area (Å²) >= 11 is 0. The highest BCUT2D eigenvalue weighted by molar-refractivity contribution is 5.36. The van der Waals surface area contributed by atoms with Crippen LogP contribution in [-0.2, 0) is 4.74 Å². The normalized spacial score (nSPS) is 25.4. The Morgan fingerprint density at radius 1 is 1.11 bits per heavy atom. The van der Waals surface area contributed by atoms with Gasteiger partial charge in [0.15, 0.2) is 0 Å². The molecular formula is C21H25N3O3. The molecule has 2 saturated heterocycles. The van der Waals surface area contributed by atoms with Crippen LogP contribution in [0.5, 0.6) is 0 Å². The Morgan fingerprint density at radius 2 is 1.81 bits per heavy atom. The van der Waals surface area contributed by atoms with Crippen LogP contribution in [0.1, 0.15) is 42.7 Å². The molecule has 2 aliphatic heterocycles. The minimum atomic E-state index is -0.355. The molecule has 2 aliphatic rings. The maximum atomic E-state index is 11.2. The highest BCUT2D eigenvalue weighted by Crippen LogP contribution is 2.43. The number of nitrogens with one attached hydrogen (secondary N) is 1. The predicted molar refractivity (Wildman–Crippen MR) is 103 cm³/mol. The third-order valence-electron chi connectivity index (χ3n) is 5.78. The predicted octanol–water partition coefficient (Wildman–Crippen LogP) is 3.81. The monoisotopic (exact) mass is 367 g/mol. The molecule has 0 bridgehead atoms. The van der Waals surface area contributed by atoms with Gasteiger partial charge in [0.25, 0.3) is 5.69 Å². The topological polar surface area (TPSA) is 67.6 Å². The molecule has 1 spiro atoms. The maximum absolute atomic E-state index is 11.2. The lowest BCUT2D eigenvalue weighted by molar-refractivity contribution is -0.385. The summed E-state index contributed by atoms with van der Waals surface area (Å²) in [5.41, 5.74) is 1.93. The molecule has 4 rings (SSSR count). The molecule has 2 fully saturated rings. The van der Waals surface area contributed by atoms with Crippen molar-refractivity contribution >= 4 is 5.69 Å². The first kappa shape index (κ1) is 18.1. The van der Waals surface area contributed by atoms with Crippen LogP contribution in [0.15, 0.2) is 54.6 Å². The van der Waals surface area contributed by atoms with Crippen LogP contribution in [0.25, 0.3) is 0 Å². The van der Waals surface area contributed by atoms with Crippen LogP contribution in [0.3, 0.4) is 0 Å². The summed E-state index contributed by atoms with van der Waals surface area (Å²) in [7, 11) is 2.14. The number of ether oxygens (including phenoxy) is 1. The molecule has 0 unspecified atom stereocenters. The van der Waals surface area contributed by atoms with Gasteiger partial charge in [-0.1, -0.05) is 42.5 Å². The van der Waals surface area contributed by atoms with Gasteiger partial charge in [-0.2, -0.15) is 0 Å². The molecule has 6 nitrogen and oxygen atoms in total. The molecule has 2 aromatic carbocycles. The highest BCUT2D eigenvalue weighted by Gasteiger charge is 2.43. The van der Waals surface area contributed by atoms with Gasteiger partial charge in [-0.05, 0) is 31.9 Å². The molecule has 2 atom stereocenters.